The van der Waals surface area contributed by atoms with Crippen LogP contribution in [0.2, 0.25) is 0 Å². The summed E-state index contributed by atoms with van der Waals surface area (Å²) in [7, 11) is 0. The molecule has 2 N–H and O–H groups in total. The van der Waals surface area contributed by atoms with E-state index in [2.05, 4.69) is 21.0 Å². The average molecular weight is 318 g/mol. The Morgan fingerprint density at radius 2 is 2.14 bits per heavy atom. The quantitative estimate of drug-likeness (QED) is 0.371. The second kappa shape index (κ2) is 8.14. The van der Waals surface area contributed by atoms with Gasteiger partial charge in [0.15, 0.2) is 5.96 Å². The van der Waals surface area contributed by atoms with Gasteiger partial charge in [0.25, 0.3) is 5.69 Å². The molecule has 1 aromatic heterocycles. The molecule has 0 radical (unpaired) electrons. The van der Waals surface area contributed by atoms with Gasteiger partial charge in [-0.05, 0) is 29.3 Å². The molecule has 2 aromatic rings. The van der Waals surface area contributed by atoms with Crippen LogP contribution < -0.4 is 10.6 Å². The van der Waals surface area contributed by atoms with E-state index in [9.17, 15) is 10.1 Å². The molecule has 0 bridgehead atoms. The van der Waals surface area contributed by atoms with Gasteiger partial charge in [-0.25, -0.2) is 4.99 Å². The summed E-state index contributed by atoms with van der Waals surface area (Å²) in [5.41, 5.74) is 1.89. The van der Waals surface area contributed by atoms with Crippen molar-refractivity contribution in [2.24, 2.45) is 4.99 Å². The number of thiophene rings is 1. The van der Waals surface area contributed by atoms with Crippen LogP contribution in [0.3, 0.4) is 0 Å². The number of nitrogens with one attached hydrogen (secondary N) is 2. The molecule has 0 saturated heterocycles. The average Bonchev–Trinajstić information content (AvgIpc) is 3.03. The zero-order valence-corrected chi connectivity index (χ0v) is 13.1. The summed E-state index contributed by atoms with van der Waals surface area (Å²) in [5.74, 6) is 0.645. The molecule has 116 valence electrons. The molecule has 1 aromatic carbocycles. The number of aliphatic imine (C=N–C) groups is 1. The second-order valence-corrected chi connectivity index (χ2v) is 5.35. The van der Waals surface area contributed by atoms with Gasteiger partial charge in [0.1, 0.15) is 0 Å². The predicted octanol–water partition coefficient (Wildman–Crippen LogP) is 2.91. The molecule has 0 spiro atoms. The third kappa shape index (κ3) is 4.56. The molecule has 22 heavy (non-hydrogen) atoms. The molecular formula is C15H18N4O2S. The number of nitro benzene ring substituents is 1. The third-order valence-corrected chi connectivity index (χ3v) is 3.71. The third-order valence-electron chi connectivity index (χ3n) is 2.98. The fraction of sp³-hybridized carbons (Fsp3) is 0.267. The maximum Gasteiger partial charge on any atom is 0.274 e. The molecule has 0 unspecified atom stereocenters. The fourth-order valence-corrected chi connectivity index (χ4v) is 2.57. The summed E-state index contributed by atoms with van der Waals surface area (Å²) in [4.78, 5) is 15.1. The minimum atomic E-state index is -0.369. The lowest BCUT2D eigenvalue weighted by Crippen LogP contribution is -2.36. The zero-order chi connectivity index (χ0) is 15.8. The Balaban J connectivity index is 2.02. The van der Waals surface area contributed by atoms with Crippen molar-refractivity contribution in [3.63, 3.8) is 0 Å². The highest BCUT2D eigenvalue weighted by Crippen LogP contribution is 2.17. The Morgan fingerprint density at radius 1 is 1.32 bits per heavy atom. The maximum atomic E-state index is 11.0. The van der Waals surface area contributed by atoms with Gasteiger partial charge in [0, 0.05) is 24.7 Å². The van der Waals surface area contributed by atoms with Crippen LogP contribution in [0, 0.1) is 10.1 Å². The van der Waals surface area contributed by atoms with Crippen molar-refractivity contribution in [3.8, 4) is 0 Å². The SMILES string of the molecule is CCNC(=NCc1ccsc1)NCc1ccccc1[N+](=O)[O-]. The Bertz CT molecular complexity index is 641. The molecule has 0 saturated carbocycles. The minimum Gasteiger partial charge on any atom is -0.357 e. The van der Waals surface area contributed by atoms with Gasteiger partial charge >= 0.3 is 0 Å². The highest BCUT2D eigenvalue weighted by atomic mass is 32.1. The standard InChI is InChI=1S/C15H18N4O2S/c1-2-16-15(17-9-12-7-8-22-11-12)18-10-13-5-3-4-6-14(13)19(20)21/h3-8,11H,2,9-10H2,1H3,(H2,16,17,18). The number of guanidine groups is 1. The van der Waals surface area contributed by atoms with Crippen LogP contribution in [0.1, 0.15) is 18.1 Å². The van der Waals surface area contributed by atoms with Crippen LogP contribution >= 0.6 is 11.3 Å². The molecule has 0 aliphatic rings. The lowest BCUT2D eigenvalue weighted by molar-refractivity contribution is -0.385. The summed E-state index contributed by atoms with van der Waals surface area (Å²) in [5, 5.41) is 21.3. The van der Waals surface area contributed by atoms with Crippen LogP contribution in [0.25, 0.3) is 0 Å². The van der Waals surface area contributed by atoms with E-state index >= 15 is 0 Å². The normalized spacial score (nSPS) is 11.2. The van der Waals surface area contributed by atoms with E-state index in [1.165, 1.54) is 6.07 Å². The molecule has 0 amide bonds. The van der Waals surface area contributed by atoms with Crippen molar-refractivity contribution in [2.75, 3.05) is 6.54 Å². The summed E-state index contributed by atoms with van der Waals surface area (Å²) in [6.07, 6.45) is 0. The Hall–Kier alpha value is -2.41. The van der Waals surface area contributed by atoms with E-state index in [-0.39, 0.29) is 10.6 Å². The van der Waals surface area contributed by atoms with Crippen molar-refractivity contribution in [1.29, 1.82) is 0 Å². The number of nitrogens with zero attached hydrogens (tertiary/aromatic N) is 2. The first kappa shape index (κ1) is 16.0. The van der Waals surface area contributed by atoms with Crippen LogP contribution in [0.4, 0.5) is 5.69 Å². The molecule has 0 fully saturated rings. The van der Waals surface area contributed by atoms with Gasteiger partial charge in [-0.15, -0.1) is 0 Å². The van der Waals surface area contributed by atoms with Crippen LogP contribution in [-0.4, -0.2) is 17.4 Å². The van der Waals surface area contributed by atoms with Gasteiger partial charge < -0.3 is 10.6 Å². The monoisotopic (exact) mass is 318 g/mol. The molecule has 0 aliphatic heterocycles. The van der Waals surface area contributed by atoms with Gasteiger partial charge in [-0.2, -0.15) is 11.3 Å². The predicted molar refractivity (Wildman–Crippen MR) is 89.1 cm³/mol. The number of benzene rings is 1. The van der Waals surface area contributed by atoms with E-state index < -0.39 is 0 Å². The molecule has 0 atom stereocenters. The Kier molecular flexibility index (Phi) is 5.91. The second-order valence-electron chi connectivity index (χ2n) is 4.57. The van der Waals surface area contributed by atoms with E-state index in [0.29, 0.717) is 24.6 Å². The van der Waals surface area contributed by atoms with Crippen molar-refractivity contribution in [3.05, 3.63) is 62.3 Å². The van der Waals surface area contributed by atoms with Crippen LogP contribution in [0.5, 0.6) is 0 Å². The lowest BCUT2D eigenvalue weighted by atomic mass is 10.2. The largest absolute Gasteiger partial charge is 0.357 e. The van der Waals surface area contributed by atoms with Gasteiger partial charge in [-0.3, -0.25) is 10.1 Å². The topological polar surface area (TPSA) is 79.6 Å². The number of rotatable bonds is 6. The first-order valence-electron chi connectivity index (χ1n) is 6.96. The van der Waals surface area contributed by atoms with Crippen molar-refractivity contribution >= 4 is 23.0 Å². The first-order chi connectivity index (χ1) is 10.7. The van der Waals surface area contributed by atoms with E-state index in [4.69, 9.17) is 0 Å². The molecule has 1 heterocycles. The molecule has 6 nitrogen and oxygen atoms in total. The van der Waals surface area contributed by atoms with Crippen molar-refractivity contribution < 1.29 is 4.92 Å². The summed E-state index contributed by atoms with van der Waals surface area (Å²) in [6, 6.07) is 8.73. The minimum absolute atomic E-state index is 0.115. The van der Waals surface area contributed by atoms with Gasteiger partial charge in [0.05, 0.1) is 11.5 Å². The molecule has 0 aliphatic carbocycles. The highest BCUT2D eigenvalue weighted by molar-refractivity contribution is 7.07. The number of hydrogen-bond donors (Lipinski definition) is 2. The molecular weight excluding hydrogens is 300 g/mol. The Morgan fingerprint density at radius 3 is 2.82 bits per heavy atom. The van der Waals surface area contributed by atoms with Crippen LogP contribution in [-0.2, 0) is 13.1 Å². The number of nitro groups is 1. The lowest BCUT2D eigenvalue weighted by Gasteiger charge is -2.11. The van der Waals surface area contributed by atoms with Gasteiger partial charge in [0.2, 0.25) is 0 Å². The van der Waals surface area contributed by atoms with E-state index in [0.717, 1.165) is 12.1 Å². The summed E-state index contributed by atoms with van der Waals surface area (Å²) in [6.45, 7) is 3.64. The highest BCUT2D eigenvalue weighted by Gasteiger charge is 2.12. The van der Waals surface area contributed by atoms with E-state index in [1.807, 2.05) is 18.4 Å². The Labute approximate surface area is 133 Å². The molecule has 7 heteroatoms. The van der Waals surface area contributed by atoms with Gasteiger partial charge in [-0.1, -0.05) is 18.2 Å². The fourth-order valence-electron chi connectivity index (χ4n) is 1.91. The van der Waals surface area contributed by atoms with Crippen LogP contribution in [0.15, 0.2) is 46.1 Å². The number of hydrogen-bond acceptors (Lipinski definition) is 4. The van der Waals surface area contributed by atoms with E-state index in [1.54, 1.807) is 29.5 Å². The maximum absolute atomic E-state index is 11.0. The smallest absolute Gasteiger partial charge is 0.274 e. The van der Waals surface area contributed by atoms with Crippen molar-refractivity contribution in [1.82, 2.24) is 10.6 Å². The zero-order valence-electron chi connectivity index (χ0n) is 12.3. The number of para-hydroxylation sites is 1. The summed E-state index contributed by atoms with van der Waals surface area (Å²) < 4.78 is 0. The summed E-state index contributed by atoms with van der Waals surface area (Å²) >= 11 is 1.63. The molecule has 2 rings (SSSR count). The van der Waals surface area contributed by atoms with Crippen molar-refractivity contribution in [2.45, 2.75) is 20.0 Å². The first-order valence-corrected chi connectivity index (χ1v) is 7.90.